The number of nitrogens with zero attached hydrogens (tertiary/aromatic N) is 6. The molecule has 46 heavy (non-hydrogen) atoms. The quantitative estimate of drug-likeness (QED) is 0.124. The maximum atomic E-state index is 13.8. The van der Waals surface area contributed by atoms with Crippen molar-refractivity contribution in [2.45, 2.75) is 44.7 Å². The summed E-state index contributed by atoms with van der Waals surface area (Å²) in [5.74, 6) is -11.4. The number of esters is 1. The summed E-state index contributed by atoms with van der Waals surface area (Å²) in [4.78, 5) is 54.3. The lowest BCUT2D eigenvalue weighted by Crippen LogP contribution is -2.24. The van der Waals surface area contributed by atoms with E-state index >= 15 is 0 Å². The van der Waals surface area contributed by atoms with Crippen LogP contribution in [0.25, 0.3) is 0 Å². The molecule has 0 spiro atoms. The average Bonchev–Trinajstić information content (AvgIpc) is 3.68. The molecule has 4 rings (SSSR count). The summed E-state index contributed by atoms with van der Waals surface area (Å²) in [6.07, 6.45) is 3.64. The maximum Gasteiger partial charge on any atom is 0.305 e. The Labute approximate surface area is 255 Å². The second kappa shape index (κ2) is 16.1. The number of hydrogen-bond acceptors (Lipinski definition) is 9. The lowest BCUT2D eigenvalue weighted by molar-refractivity contribution is -0.143. The summed E-state index contributed by atoms with van der Waals surface area (Å²) in [6.45, 7) is 1.79. The lowest BCUT2D eigenvalue weighted by Gasteiger charge is -2.16. The van der Waals surface area contributed by atoms with Crippen LogP contribution in [0.3, 0.4) is 0 Å². The highest BCUT2D eigenvalue weighted by molar-refractivity contribution is 6.00. The number of aromatic nitrogens is 6. The molecule has 0 fully saturated rings. The van der Waals surface area contributed by atoms with Crippen LogP contribution in [0.4, 0.5) is 26.3 Å². The third-order valence-electron chi connectivity index (χ3n) is 6.18. The Morgan fingerprint density at radius 3 is 1.43 bits per heavy atom. The Balaban J connectivity index is 0.000000251. The molecule has 244 valence electrons. The minimum Gasteiger partial charge on any atom is -0.481 e. The smallest absolute Gasteiger partial charge is 0.305 e. The number of carboxylic acid groups (broad SMARTS) is 1. The van der Waals surface area contributed by atoms with Gasteiger partial charge >= 0.3 is 11.9 Å². The van der Waals surface area contributed by atoms with Gasteiger partial charge in [-0.25, -0.2) is 45.7 Å². The maximum absolute atomic E-state index is 13.8. The monoisotopic (exact) mass is 654 g/mol. The van der Waals surface area contributed by atoms with Gasteiger partial charge in [-0.1, -0.05) is 0 Å². The molecule has 2 unspecified atom stereocenters. The number of benzene rings is 2. The number of rotatable bonds is 13. The normalized spacial score (nSPS) is 12.1. The van der Waals surface area contributed by atoms with E-state index in [1.54, 1.807) is 6.92 Å². The fourth-order valence-electron chi connectivity index (χ4n) is 4.16. The highest BCUT2D eigenvalue weighted by Crippen LogP contribution is 2.25. The summed E-state index contributed by atoms with van der Waals surface area (Å²) in [5, 5.41) is 16.2. The SMILES string of the molecule is CCOC(=O)CCC(C(=O)c1c(F)cc(F)cc1F)n1cncn1.O=C(O)CCC(C(=O)c1c(F)cc(F)cc1F)n1cncn1. The molecule has 2 aromatic carbocycles. The number of Topliss-reactive ketones (excluding diaryl/α,β-unsaturated/α-hetero) is 2. The molecule has 2 heterocycles. The van der Waals surface area contributed by atoms with Gasteiger partial charge in [-0.05, 0) is 19.8 Å². The second-order valence-electron chi connectivity index (χ2n) is 9.28. The fourth-order valence-corrected chi connectivity index (χ4v) is 4.16. The van der Waals surface area contributed by atoms with E-state index in [-0.39, 0.29) is 25.9 Å². The van der Waals surface area contributed by atoms with Gasteiger partial charge in [0.05, 0.1) is 17.7 Å². The predicted octanol–water partition coefficient (Wildman–Crippen LogP) is 4.45. The zero-order chi connectivity index (χ0) is 34.0. The molecule has 0 aliphatic carbocycles. The molecule has 2 atom stereocenters. The molecular weight excluding hydrogens is 630 g/mol. The highest BCUT2D eigenvalue weighted by atomic mass is 19.2. The number of carbonyl (C=O) groups is 4. The van der Waals surface area contributed by atoms with Crippen LogP contribution in [-0.2, 0) is 14.3 Å². The number of hydrogen-bond donors (Lipinski definition) is 1. The Kier molecular flexibility index (Phi) is 12.2. The van der Waals surface area contributed by atoms with E-state index in [1.807, 2.05) is 0 Å². The first-order valence-electron chi connectivity index (χ1n) is 13.3. The summed E-state index contributed by atoms with van der Waals surface area (Å²) in [6, 6.07) is -0.836. The van der Waals surface area contributed by atoms with Gasteiger partial charge in [0.25, 0.3) is 0 Å². The van der Waals surface area contributed by atoms with Crippen LogP contribution in [-0.4, -0.2) is 64.7 Å². The van der Waals surface area contributed by atoms with E-state index in [0.717, 1.165) is 28.3 Å². The van der Waals surface area contributed by atoms with E-state index in [2.05, 4.69) is 20.2 Å². The number of halogens is 6. The molecule has 0 amide bonds. The van der Waals surface area contributed by atoms with Gasteiger partial charge in [-0.2, -0.15) is 10.2 Å². The lowest BCUT2D eigenvalue weighted by atomic mass is 9.99. The molecule has 18 heteroatoms. The molecule has 12 nitrogen and oxygen atoms in total. The number of ether oxygens (including phenoxy) is 1. The van der Waals surface area contributed by atoms with Crippen molar-refractivity contribution in [1.82, 2.24) is 29.5 Å². The number of carbonyl (C=O) groups excluding carboxylic acids is 3. The van der Waals surface area contributed by atoms with Crippen LogP contribution in [0, 0.1) is 34.9 Å². The third-order valence-corrected chi connectivity index (χ3v) is 6.18. The Bertz CT molecular complexity index is 1640. The van der Waals surface area contributed by atoms with Crippen LogP contribution >= 0.6 is 0 Å². The molecule has 0 aliphatic heterocycles. The standard InChI is InChI=1S/C15H14F3N3O3.C13H10F3N3O3/c1-2-24-13(22)4-3-12(21-8-19-7-20-21)15(23)14-10(17)5-9(16)6-11(14)18;14-7-3-8(15)12(9(16)4-7)13(22)10(1-2-11(20)21)19-6-17-5-18-19/h5-8,12H,2-4H2,1H3;3-6,10H,1-2H2,(H,20,21). The minimum atomic E-state index is -1.36. The van der Waals surface area contributed by atoms with Gasteiger partial charge in [-0.15, -0.1) is 0 Å². The van der Waals surface area contributed by atoms with Crippen LogP contribution < -0.4 is 0 Å². The van der Waals surface area contributed by atoms with Crippen molar-refractivity contribution in [1.29, 1.82) is 0 Å². The van der Waals surface area contributed by atoms with Crippen molar-refractivity contribution in [3.63, 3.8) is 0 Å². The average molecular weight is 655 g/mol. The molecule has 0 aliphatic rings. The van der Waals surface area contributed by atoms with Crippen molar-refractivity contribution in [3.8, 4) is 0 Å². The van der Waals surface area contributed by atoms with Gasteiger partial charge in [0.15, 0.2) is 11.6 Å². The summed E-state index contributed by atoms with van der Waals surface area (Å²) >= 11 is 0. The number of aliphatic carboxylic acids is 1. The molecule has 0 saturated heterocycles. The van der Waals surface area contributed by atoms with Crippen LogP contribution in [0.1, 0.15) is 65.4 Å². The zero-order valence-corrected chi connectivity index (χ0v) is 23.7. The molecule has 2 aromatic heterocycles. The van der Waals surface area contributed by atoms with Crippen LogP contribution in [0.2, 0.25) is 0 Å². The zero-order valence-electron chi connectivity index (χ0n) is 23.7. The number of carboxylic acids is 1. The molecular formula is C28H24F6N6O6. The highest BCUT2D eigenvalue weighted by Gasteiger charge is 2.30. The van der Waals surface area contributed by atoms with E-state index in [9.17, 15) is 45.5 Å². The first kappa shape index (κ1) is 35.1. The summed E-state index contributed by atoms with van der Waals surface area (Å²) < 4.78 is 87.9. The summed E-state index contributed by atoms with van der Waals surface area (Å²) in [7, 11) is 0. The molecule has 0 saturated carbocycles. The van der Waals surface area contributed by atoms with Crippen LogP contribution in [0.5, 0.6) is 0 Å². The molecule has 0 bridgehead atoms. The Morgan fingerprint density at radius 2 is 1.11 bits per heavy atom. The predicted molar refractivity (Wildman–Crippen MR) is 142 cm³/mol. The van der Waals surface area contributed by atoms with Crippen molar-refractivity contribution >= 4 is 23.5 Å². The van der Waals surface area contributed by atoms with Gasteiger partial charge in [-0.3, -0.25) is 19.2 Å². The topological polar surface area (TPSA) is 159 Å². The van der Waals surface area contributed by atoms with Crippen molar-refractivity contribution in [2.75, 3.05) is 6.61 Å². The van der Waals surface area contributed by atoms with E-state index in [0.29, 0.717) is 24.3 Å². The molecule has 1 N–H and O–H groups in total. The van der Waals surface area contributed by atoms with Gasteiger partial charge in [0.1, 0.15) is 72.3 Å². The van der Waals surface area contributed by atoms with Crippen molar-refractivity contribution in [3.05, 3.63) is 95.6 Å². The second-order valence-corrected chi connectivity index (χ2v) is 9.28. The van der Waals surface area contributed by atoms with E-state index in [1.165, 1.54) is 6.33 Å². The number of ketones is 2. The Hall–Kier alpha value is -5.42. The minimum absolute atomic E-state index is 0.0999. The van der Waals surface area contributed by atoms with E-state index in [4.69, 9.17) is 9.84 Å². The fraction of sp³-hybridized carbons (Fsp3) is 0.286. The van der Waals surface area contributed by atoms with E-state index < -0.39 is 88.0 Å². The van der Waals surface area contributed by atoms with Crippen molar-refractivity contribution < 1.29 is 55.4 Å². The van der Waals surface area contributed by atoms with Gasteiger partial charge in [0.2, 0.25) is 0 Å². The summed E-state index contributed by atoms with van der Waals surface area (Å²) in [5.41, 5.74) is -1.83. The van der Waals surface area contributed by atoms with Gasteiger partial charge in [0, 0.05) is 37.1 Å². The van der Waals surface area contributed by atoms with Crippen molar-refractivity contribution in [2.24, 2.45) is 0 Å². The third kappa shape index (κ3) is 9.05. The first-order chi connectivity index (χ1) is 21.8. The molecule has 4 aromatic rings. The van der Waals surface area contributed by atoms with Crippen LogP contribution in [0.15, 0.2) is 49.6 Å². The largest absolute Gasteiger partial charge is 0.481 e. The molecule has 0 radical (unpaired) electrons. The van der Waals surface area contributed by atoms with Gasteiger partial charge < -0.3 is 9.84 Å². The first-order valence-corrected chi connectivity index (χ1v) is 13.3. The Morgan fingerprint density at radius 1 is 0.717 bits per heavy atom.